The van der Waals surface area contributed by atoms with Crippen molar-refractivity contribution in [1.82, 2.24) is 4.90 Å². The van der Waals surface area contributed by atoms with Crippen LogP contribution in [0.5, 0.6) is 11.5 Å². The smallest absolute Gasteiger partial charge is 0.338 e. The van der Waals surface area contributed by atoms with E-state index in [0.717, 1.165) is 64.6 Å². The highest BCUT2D eigenvalue weighted by molar-refractivity contribution is 6.34. The second-order valence-corrected chi connectivity index (χ2v) is 8.55. The summed E-state index contributed by atoms with van der Waals surface area (Å²) in [5.74, 6) is -1.91. The highest BCUT2D eigenvalue weighted by Crippen LogP contribution is 2.36. The van der Waals surface area contributed by atoms with Gasteiger partial charge in [0.25, 0.3) is 11.4 Å². The van der Waals surface area contributed by atoms with Crippen molar-refractivity contribution in [1.29, 1.82) is 0 Å². The zero-order chi connectivity index (χ0) is 29.1. The Balaban J connectivity index is 0.000000306. The van der Waals surface area contributed by atoms with Crippen molar-refractivity contribution in [3.63, 3.8) is 0 Å². The summed E-state index contributed by atoms with van der Waals surface area (Å²) >= 11 is 11.5. The van der Waals surface area contributed by atoms with Crippen LogP contribution >= 0.6 is 23.2 Å². The number of hydrogen-bond acceptors (Lipinski definition) is 12. The highest BCUT2D eigenvalue weighted by atomic mass is 35.5. The van der Waals surface area contributed by atoms with E-state index in [1.165, 1.54) is 13.2 Å². The molecular weight excluding hydrogens is 565 g/mol. The van der Waals surface area contributed by atoms with Crippen LogP contribution in [0.3, 0.4) is 0 Å². The second-order valence-electron chi connectivity index (χ2n) is 7.79. The molecule has 0 saturated carbocycles. The van der Waals surface area contributed by atoms with Gasteiger partial charge in [-0.1, -0.05) is 23.2 Å². The summed E-state index contributed by atoms with van der Waals surface area (Å²) in [4.78, 5) is 45.0. The van der Waals surface area contributed by atoms with Crippen LogP contribution in [0.4, 0.5) is 11.4 Å². The molecule has 1 fully saturated rings. The topological polar surface area (TPSA) is 181 Å². The van der Waals surface area contributed by atoms with Gasteiger partial charge in [-0.3, -0.25) is 25.1 Å². The summed E-state index contributed by atoms with van der Waals surface area (Å²) in [5.41, 5.74) is -1.04. The average Bonchev–Trinajstić information content (AvgIpc) is 2.92. The molecule has 16 heteroatoms. The molecule has 1 heterocycles. The molecule has 3 rings (SSSR count). The molecule has 212 valence electrons. The number of benzene rings is 2. The van der Waals surface area contributed by atoms with E-state index in [4.69, 9.17) is 32.7 Å². The van der Waals surface area contributed by atoms with Crippen molar-refractivity contribution in [2.24, 2.45) is 0 Å². The molecule has 0 aliphatic carbocycles. The lowest BCUT2D eigenvalue weighted by molar-refractivity contribution is -0.384. The number of phenolic OH excluding ortho intramolecular Hbond substituents is 1. The number of nitro groups is 2. The van der Waals surface area contributed by atoms with Crippen LogP contribution in [-0.4, -0.2) is 85.5 Å². The Morgan fingerprint density at radius 2 is 1.46 bits per heavy atom. The molecule has 0 spiro atoms. The summed E-state index contributed by atoms with van der Waals surface area (Å²) in [5, 5.41) is 30.3. The number of morpholine rings is 1. The third kappa shape index (κ3) is 8.92. The first-order chi connectivity index (χ1) is 18.5. The number of aromatic hydroxyl groups is 1. The lowest BCUT2D eigenvalue weighted by atomic mass is 10.2. The number of nitrogens with zero attached hydrogens (tertiary/aromatic N) is 3. The van der Waals surface area contributed by atoms with Gasteiger partial charge in [-0.15, -0.1) is 0 Å². The number of methoxy groups -OCH3 is 2. The normalized spacial score (nSPS) is 13.0. The number of ether oxygens (including phenoxy) is 4. The van der Waals surface area contributed by atoms with E-state index < -0.39 is 38.2 Å². The van der Waals surface area contributed by atoms with Crippen LogP contribution in [0.25, 0.3) is 0 Å². The molecule has 1 N–H and O–H groups in total. The number of carbonyl (C=O) groups is 2. The van der Waals surface area contributed by atoms with Gasteiger partial charge in [0.2, 0.25) is 0 Å². The predicted octanol–water partition coefficient (Wildman–Crippen LogP) is 3.88. The van der Waals surface area contributed by atoms with Crippen molar-refractivity contribution < 1.29 is 43.5 Å². The largest absolute Gasteiger partial charge is 0.506 e. The number of phenols is 1. The van der Waals surface area contributed by atoms with Crippen LogP contribution in [0.1, 0.15) is 27.1 Å². The first-order valence-electron chi connectivity index (χ1n) is 11.2. The summed E-state index contributed by atoms with van der Waals surface area (Å²) in [7, 11) is 2.32. The Morgan fingerprint density at radius 3 is 1.97 bits per heavy atom. The summed E-state index contributed by atoms with van der Waals surface area (Å²) in [6, 6.07) is 4.37. The van der Waals surface area contributed by atoms with Crippen molar-refractivity contribution in [3.8, 4) is 11.5 Å². The minimum absolute atomic E-state index is 0.0248. The van der Waals surface area contributed by atoms with Gasteiger partial charge in [0.05, 0.1) is 55.0 Å². The van der Waals surface area contributed by atoms with Crippen LogP contribution in [0.15, 0.2) is 24.3 Å². The maximum atomic E-state index is 11.6. The van der Waals surface area contributed by atoms with E-state index in [2.05, 4.69) is 14.4 Å². The monoisotopic (exact) mass is 589 g/mol. The minimum Gasteiger partial charge on any atom is -0.506 e. The van der Waals surface area contributed by atoms with Crippen LogP contribution < -0.4 is 4.74 Å². The van der Waals surface area contributed by atoms with E-state index in [1.807, 2.05) is 0 Å². The average molecular weight is 590 g/mol. The number of hydrogen-bond donors (Lipinski definition) is 1. The zero-order valence-electron chi connectivity index (χ0n) is 20.9. The number of halogens is 2. The Labute approximate surface area is 232 Å². The van der Waals surface area contributed by atoms with Crippen LogP contribution in [0, 0.1) is 20.2 Å². The Bertz CT molecular complexity index is 1220. The second kappa shape index (κ2) is 15.0. The quantitative estimate of drug-likeness (QED) is 0.193. The van der Waals surface area contributed by atoms with Crippen LogP contribution in [0.2, 0.25) is 10.0 Å². The molecular formula is C23H25Cl2N3O11. The van der Waals surface area contributed by atoms with Gasteiger partial charge in [-0.05, 0) is 18.6 Å². The molecule has 0 radical (unpaired) electrons. The molecule has 39 heavy (non-hydrogen) atoms. The lowest BCUT2D eigenvalue weighted by Crippen LogP contribution is -2.37. The summed E-state index contributed by atoms with van der Waals surface area (Å²) in [6.45, 7) is 4.37. The molecule has 0 bridgehead atoms. The third-order valence-corrected chi connectivity index (χ3v) is 6.04. The molecule has 14 nitrogen and oxygen atoms in total. The van der Waals surface area contributed by atoms with Gasteiger partial charge >= 0.3 is 11.9 Å². The molecule has 0 aromatic heterocycles. The first kappa shape index (κ1) is 31.5. The van der Waals surface area contributed by atoms with E-state index in [-0.39, 0.29) is 27.6 Å². The first-order valence-corrected chi connectivity index (χ1v) is 12.0. The highest BCUT2D eigenvalue weighted by Gasteiger charge is 2.23. The molecule has 2 aromatic rings. The fourth-order valence-corrected chi connectivity index (χ4v) is 3.73. The van der Waals surface area contributed by atoms with Crippen molar-refractivity contribution >= 4 is 46.5 Å². The van der Waals surface area contributed by atoms with Gasteiger partial charge in [-0.25, -0.2) is 9.59 Å². The van der Waals surface area contributed by atoms with Crippen molar-refractivity contribution in [2.75, 3.05) is 53.7 Å². The minimum atomic E-state index is -0.797. The van der Waals surface area contributed by atoms with E-state index in [1.54, 1.807) is 0 Å². The standard InChI is InChI=1S/C15H19ClN2O6.C8H6ClNO5/c1-22-15(19)11-9-12(18(20)21)14(16)13(10-11)24-6-2-3-17-4-7-23-8-5-17;1-15-8(12)4-2-5(10(13)14)7(9)6(11)3-4/h9-10H,2-8H2,1H3;2-3,11H,1H3. The fourth-order valence-electron chi connectivity index (χ4n) is 3.31. The van der Waals surface area contributed by atoms with Crippen molar-refractivity contribution in [3.05, 3.63) is 65.7 Å². The number of esters is 2. The molecule has 2 aromatic carbocycles. The number of rotatable bonds is 9. The van der Waals surface area contributed by atoms with Gasteiger partial charge in [0.15, 0.2) is 10.0 Å². The zero-order valence-corrected chi connectivity index (χ0v) is 22.4. The number of nitro benzene ring substituents is 2. The molecule has 1 saturated heterocycles. The van der Waals surface area contributed by atoms with Crippen molar-refractivity contribution in [2.45, 2.75) is 6.42 Å². The Morgan fingerprint density at radius 1 is 0.949 bits per heavy atom. The van der Waals surface area contributed by atoms with Gasteiger partial charge < -0.3 is 24.1 Å². The van der Waals surface area contributed by atoms with E-state index in [9.17, 15) is 34.9 Å². The van der Waals surface area contributed by atoms with Gasteiger partial charge in [0, 0.05) is 31.8 Å². The maximum absolute atomic E-state index is 11.6. The molecule has 0 unspecified atom stereocenters. The SMILES string of the molecule is COC(=O)c1cc(O)c(Cl)c([N+](=O)[O-])c1.COC(=O)c1cc(OCCCN2CCOCC2)c(Cl)c([N+](=O)[O-])c1. The maximum Gasteiger partial charge on any atom is 0.338 e. The Kier molecular flexibility index (Phi) is 12.1. The van der Waals surface area contributed by atoms with Gasteiger partial charge in [0.1, 0.15) is 11.5 Å². The van der Waals surface area contributed by atoms with Gasteiger partial charge in [-0.2, -0.15) is 0 Å². The summed E-state index contributed by atoms with van der Waals surface area (Å²) < 4.78 is 19.8. The molecule has 1 aliphatic rings. The van der Waals surface area contributed by atoms with Crippen LogP contribution in [-0.2, 0) is 14.2 Å². The lowest BCUT2D eigenvalue weighted by Gasteiger charge is -2.26. The molecule has 0 atom stereocenters. The Hall–Kier alpha value is -3.72. The van der Waals surface area contributed by atoms with E-state index in [0.29, 0.717) is 6.61 Å². The third-order valence-electron chi connectivity index (χ3n) is 5.27. The van der Waals surface area contributed by atoms with E-state index >= 15 is 0 Å². The molecule has 0 amide bonds. The fraction of sp³-hybridized carbons (Fsp3) is 0.391. The summed E-state index contributed by atoms with van der Waals surface area (Å²) in [6.07, 6.45) is 0.729. The number of carbonyl (C=O) groups excluding carboxylic acids is 2. The predicted molar refractivity (Wildman–Crippen MR) is 138 cm³/mol. The molecule has 1 aliphatic heterocycles.